The number of aromatic nitrogens is 2. The summed E-state index contributed by atoms with van der Waals surface area (Å²) in [6, 6.07) is 6.67. The fourth-order valence-corrected chi connectivity index (χ4v) is 3.07. The minimum absolute atomic E-state index is 0.428. The van der Waals surface area contributed by atoms with Crippen molar-refractivity contribution in [3.63, 3.8) is 0 Å². The molecule has 2 aromatic rings. The summed E-state index contributed by atoms with van der Waals surface area (Å²) >= 11 is 5.93. The smallest absolute Gasteiger partial charge is 0.129 e. The van der Waals surface area contributed by atoms with Gasteiger partial charge in [0.15, 0.2) is 0 Å². The Hall–Kier alpha value is -0.883. The Kier molecular flexibility index (Phi) is 5.09. The topological polar surface area (TPSA) is 47.3 Å². The molecule has 0 aliphatic carbocycles. The highest BCUT2D eigenvalue weighted by atomic mass is 35.5. The number of nitrogens with zero attached hydrogens (tertiary/aromatic N) is 2. The van der Waals surface area contributed by atoms with Crippen LogP contribution in [0, 0.1) is 0 Å². The van der Waals surface area contributed by atoms with Crippen LogP contribution in [0.3, 0.4) is 0 Å². The number of hydrogen-bond acceptors (Lipinski definition) is 3. The minimum Gasteiger partial charge on any atom is -0.387 e. The Morgan fingerprint density at radius 1 is 1.38 bits per heavy atom. The SMILES string of the molecule is C[C@@H](O)c1cc2nc(Cl)ccc2n1COCC[Si](C)(C)C. The number of rotatable bonds is 6. The molecule has 0 aliphatic rings. The Balaban J connectivity index is 2.19. The minimum atomic E-state index is -1.09. The fourth-order valence-electron chi connectivity index (χ4n) is 2.16. The first kappa shape index (κ1) is 16.5. The fraction of sp³-hybridized carbons (Fsp3) is 0.533. The molecule has 6 heteroatoms. The lowest BCUT2D eigenvalue weighted by atomic mass is 10.3. The van der Waals surface area contributed by atoms with Gasteiger partial charge in [-0.25, -0.2) is 4.98 Å². The summed E-state index contributed by atoms with van der Waals surface area (Å²) in [4.78, 5) is 4.29. The van der Waals surface area contributed by atoms with E-state index in [9.17, 15) is 5.11 Å². The van der Waals surface area contributed by atoms with Gasteiger partial charge in [0.2, 0.25) is 0 Å². The molecule has 0 saturated carbocycles. The second kappa shape index (κ2) is 6.48. The number of aliphatic hydroxyl groups is 1. The lowest BCUT2D eigenvalue weighted by molar-refractivity contribution is 0.0811. The molecule has 2 heterocycles. The van der Waals surface area contributed by atoms with E-state index in [0.717, 1.165) is 29.4 Å². The predicted octanol–water partition coefficient (Wildman–Crippen LogP) is 4.06. The van der Waals surface area contributed by atoms with Gasteiger partial charge in [0.25, 0.3) is 0 Å². The molecule has 21 heavy (non-hydrogen) atoms. The molecule has 4 nitrogen and oxygen atoms in total. The first-order valence-electron chi connectivity index (χ1n) is 7.19. The van der Waals surface area contributed by atoms with Crippen LogP contribution in [-0.4, -0.2) is 29.3 Å². The zero-order valence-corrected chi connectivity index (χ0v) is 14.8. The molecule has 2 aromatic heterocycles. The highest BCUT2D eigenvalue weighted by Crippen LogP contribution is 2.24. The van der Waals surface area contributed by atoms with Gasteiger partial charge in [-0.05, 0) is 31.2 Å². The molecule has 1 atom stereocenters. The highest BCUT2D eigenvalue weighted by molar-refractivity contribution is 6.76. The summed E-state index contributed by atoms with van der Waals surface area (Å²) in [5, 5.41) is 10.4. The highest BCUT2D eigenvalue weighted by Gasteiger charge is 2.15. The summed E-state index contributed by atoms with van der Waals surface area (Å²) in [5.74, 6) is 0. The number of ether oxygens (including phenoxy) is 1. The van der Waals surface area contributed by atoms with Gasteiger partial charge in [-0.2, -0.15) is 0 Å². The number of aliphatic hydroxyl groups excluding tert-OH is 1. The molecule has 1 N–H and O–H groups in total. The first-order valence-corrected chi connectivity index (χ1v) is 11.3. The van der Waals surface area contributed by atoms with Crippen LogP contribution >= 0.6 is 11.6 Å². The molecule has 0 spiro atoms. The molecule has 116 valence electrons. The molecule has 0 amide bonds. The van der Waals surface area contributed by atoms with E-state index in [1.165, 1.54) is 0 Å². The van der Waals surface area contributed by atoms with Gasteiger partial charge in [0.1, 0.15) is 11.9 Å². The Bertz CT molecular complexity index is 620. The maximum Gasteiger partial charge on any atom is 0.129 e. The molecule has 0 unspecified atom stereocenters. The van der Waals surface area contributed by atoms with Crippen LogP contribution in [0.4, 0.5) is 0 Å². The number of halogens is 1. The molecular weight excluding hydrogens is 304 g/mol. The summed E-state index contributed by atoms with van der Waals surface area (Å²) in [5.41, 5.74) is 2.52. The molecule has 0 radical (unpaired) electrons. The summed E-state index contributed by atoms with van der Waals surface area (Å²) < 4.78 is 7.77. The van der Waals surface area contributed by atoms with Gasteiger partial charge in [-0.15, -0.1) is 0 Å². The van der Waals surface area contributed by atoms with Crippen LogP contribution < -0.4 is 0 Å². The van der Waals surface area contributed by atoms with Crippen molar-refractivity contribution in [2.75, 3.05) is 6.61 Å². The summed E-state index contributed by atoms with van der Waals surface area (Å²) in [6.07, 6.45) is -0.571. The third-order valence-corrected chi connectivity index (χ3v) is 5.31. The van der Waals surface area contributed by atoms with Crippen molar-refractivity contribution in [3.8, 4) is 0 Å². The Morgan fingerprint density at radius 2 is 2.10 bits per heavy atom. The molecule has 0 bridgehead atoms. The van der Waals surface area contributed by atoms with Gasteiger partial charge >= 0.3 is 0 Å². The Morgan fingerprint density at radius 3 is 2.71 bits per heavy atom. The van der Waals surface area contributed by atoms with Crippen LogP contribution in [0.2, 0.25) is 30.8 Å². The van der Waals surface area contributed by atoms with Crippen LogP contribution in [-0.2, 0) is 11.5 Å². The van der Waals surface area contributed by atoms with E-state index >= 15 is 0 Å². The summed E-state index contributed by atoms with van der Waals surface area (Å²) in [7, 11) is -1.09. The average molecular weight is 327 g/mol. The first-order chi connectivity index (χ1) is 9.78. The quantitative estimate of drug-likeness (QED) is 0.495. The van der Waals surface area contributed by atoms with E-state index in [1.807, 2.05) is 16.7 Å². The van der Waals surface area contributed by atoms with E-state index in [0.29, 0.717) is 11.9 Å². The zero-order valence-electron chi connectivity index (χ0n) is 13.1. The maximum atomic E-state index is 9.93. The number of hydrogen-bond donors (Lipinski definition) is 1. The lowest BCUT2D eigenvalue weighted by Crippen LogP contribution is -2.22. The van der Waals surface area contributed by atoms with Crippen molar-refractivity contribution in [2.45, 2.75) is 45.4 Å². The largest absolute Gasteiger partial charge is 0.387 e. The van der Waals surface area contributed by atoms with Crippen molar-refractivity contribution in [2.24, 2.45) is 0 Å². The van der Waals surface area contributed by atoms with Gasteiger partial charge in [-0.3, -0.25) is 0 Å². The molecule has 2 rings (SSSR count). The van der Waals surface area contributed by atoms with Crippen LogP contribution in [0.5, 0.6) is 0 Å². The van der Waals surface area contributed by atoms with E-state index in [1.54, 1.807) is 13.0 Å². The van der Waals surface area contributed by atoms with Gasteiger partial charge in [-0.1, -0.05) is 31.2 Å². The van der Waals surface area contributed by atoms with Crippen molar-refractivity contribution in [1.29, 1.82) is 0 Å². The standard InChI is InChI=1S/C15H23ClN2O2Si/c1-11(19)14-9-12-13(5-6-15(16)17-12)18(14)10-20-7-8-21(2,3)4/h5-6,9,11,19H,7-8,10H2,1-4H3/t11-/m1/s1. The third kappa shape index (κ3) is 4.29. The average Bonchev–Trinajstić information content (AvgIpc) is 2.71. The van der Waals surface area contributed by atoms with Gasteiger partial charge in [0.05, 0.1) is 22.8 Å². The monoisotopic (exact) mass is 326 g/mol. The van der Waals surface area contributed by atoms with Crippen molar-refractivity contribution in [3.05, 3.63) is 29.0 Å². The molecule has 0 aromatic carbocycles. The van der Waals surface area contributed by atoms with E-state index in [2.05, 4.69) is 24.6 Å². The van der Waals surface area contributed by atoms with Crippen molar-refractivity contribution in [1.82, 2.24) is 9.55 Å². The van der Waals surface area contributed by atoms with Crippen LogP contribution in [0.15, 0.2) is 18.2 Å². The normalized spacial score (nSPS) is 13.8. The summed E-state index contributed by atoms with van der Waals surface area (Å²) in [6.45, 7) is 9.90. The zero-order chi connectivity index (χ0) is 15.6. The van der Waals surface area contributed by atoms with Crippen molar-refractivity contribution >= 4 is 30.7 Å². The second-order valence-electron chi connectivity index (χ2n) is 6.56. The molecule has 0 saturated heterocycles. The molecule has 0 fully saturated rings. The maximum absolute atomic E-state index is 9.93. The molecular formula is C15H23ClN2O2Si. The lowest BCUT2D eigenvalue weighted by Gasteiger charge is -2.17. The van der Waals surface area contributed by atoms with Crippen molar-refractivity contribution < 1.29 is 9.84 Å². The van der Waals surface area contributed by atoms with Crippen LogP contribution in [0.25, 0.3) is 11.0 Å². The van der Waals surface area contributed by atoms with Crippen LogP contribution in [0.1, 0.15) is 18.7 Å². The Labute approximate surface area is 131 Å². The third-order valence-electron chi connectivity index (χ3n) is 3.40. The van der Waals surface area contributed by atoms with Gasteiger partial charge in [0, 0.05) is 14.7 Å². The number of fused-ring (bicyclic) bond motifs is 1. The number of pyridine rings is 1. The van der Waals surface area contributed by atoms with E-state index < -0.39 is 14.2 Å². The van der Waals surface area contributed by atoms with E-state index in [-0.39, 0.29) is 0 Å². The second-order valence-corrected chi connectivity index (χ2v) is 12.6. The molecule has 0 aliphatic heterocycles. The van der Waals surface area contributed by atoms with E-state index in [4.69, 9.17) is 16.3 Å². The predicted molar refractivity (Wildman–Crippen MR) is 89.5 cm³/mol. The van der Waals surface area contributed by atoms with Gasteiger partial charge < -0.3 is 14.4 Å².